The van der Waals surface area contributed by atoms with E-state index in [1.54, 1.807) is 0 Å². The van der Waals surface area contributed by atoms with Gasteiger partial charge < -0.3 is 14.8 Å². The number of rotatable bonds is 3. The molecule has 0 radical (unpaired) electrons. The monoisotopic (exact) mass is 340 g/mol. The van der Waals surface area contributed by atoms with Crippen LogP contribution in [0.4, 0.5) is 0 Å². The average molecular weight is 340 g/mol. The molecule has 1 N–H and O–H groups in total. The predicted octanol–water partition coefficient (Wildman–Crippen LogP) is 3.99. The van der Waals surface area contributed by atoms with E-state index >= 15 is 0 Å². The summed E-state index contributed by atoms with van der Waals surface area (Å²) >= 11 is 5.55. The predicted molar refractivity (Wildman–Crippen MR) is 99.8 cm³/mol. The lowest BCUT2D eigenvalue weighted by atomic mass is 9.94. The highest BCUT2D eigenvalue weighted by Gasteiger charge is 2.39. The molecule has 2 fully saturated rings. The summed E-state index contributed by atoms with van der Waals surface area (Å²) < 4.78 is 2.49. The second-order valence-corrected chi connectivity index (χ2v) is 7.26. The van der Waals surface area contributed by atoms with E-state index < -0.39 is 0 Å². The zero-order valence-electron chi connectivity index (χ0n) is 14.1. The van der Waals surface area contributed by atoms with Gasteiger partial charge in [-0.15, -0.1) is 0 Å². The van der Waals surface area contributed by atoms with Crippen molar-refractivity contribution in [1.82, 2.24) is 19.8 Å². The normalized spacial score (nSPS) is 25.0. The van der Waals surface area contributed by atoms with Gasteiger partial charge in [0.1, 0.15) is 0 Å². The molecule has 0 aromatic carbocycles. The van der Waals surface area contributed by atoms with Crippen LogP contribution in [-0.2, 0) is 0 Å². The van der Waals surface area contributed by atoms with Crippen LogP contribution in [0.25, 0.3) is 0 Å². The lowest BCUT2D eigenvalue weighted by Crippen LogP contribution is -2.27. The molecule has 0 unspecified atom stereocenters. The van der Waals surface area contributed by atoms with E-state index in [0.717, 1.165) is 10.8 Å². The van der Waals surface area contributed by atoms with Gasteiger partial charge in [-0.3, -0.25) is 4.98 Å². The fraction of sp³-hybridized carbons (Fsp3) is 0.474. The molecule has 3 heterocycles. The minimum atomic E-state index is 0.0981. The molecule has 2 aromatic rings. The van der Waals surface area contributed by atoms with Crippen molar-refractivity contribution >= 4 is 17.3 Å². The summed E-state index contributed by atoms with van der Waals surface area (Å²) in [4.78, 5) is 6.76. The van der Waals surface area contributed by atoms with E-state index in [1.165, 1.54) is 37.8 Å². The Balaban J connectivity index is 1.71. The van der Waals surface area contributed by atoms with Crippen LogP contribution in [0.3, 0.4) is 0 Å². The lowest BCUT2D eigenvalue weighted by molar-refractivity contribution is 0.304. The van der Waals surface area contributed by atoms with Gasteiger partial charge in [0, 0.05) is 31.2 Å². The zero-order chi connectivity index (χ0) is 16.5. The Labute approximate surface area is 148 Å². The molecular formula is C19H24N4S. The van der Waals surface area contributed by atoms with Gasteiger partial charge in [0.15, 0.2) is 5.11 Å². The van der Waals surface area contributed by atoms with Crippen molar-refractivity contribution in [2.45, 2.75) is 50.2 Å². The minimum Gasteiger partial charge on any atom is -0.352 e. The van der Waals surface area contributed by atoms with Gasteiger partial charge in [-0.05, 0) is 49.3 Å². The van der Waals surface area contributed by atoms with E-state index in [2.05, 4.69) is 51.2 Å². The molecule has 4 nitrogen and oxygen atoms in total. The molecule has 5 heteroatoms. The molecule has 2 aromatic heterocycles. The first-order chi connectivity index (χ1) is 11.8. The Kier molecular flexibility index (Phi) is 4.27. The molecule has 1 saturated carbocycles. The molecule has 4 rings (SSSR count). The maximum atomic E-state index is 5.55. The van der Waals surface area contributed by atoms with Gasteiger partial charge in [0.25, 0.3) is 0 Å². The second kappa shape index (κ2) is 6.55. The number of hydrogen-bond donors (Lipinski definition) is 1. The summed E-state index contributed by atoms with van der Waals surface area (Å²) in [5, 5.41) is 4.27. The highest BCUT2D eigenvalue weighted by molar-refractivity contribution is 7.80. The molecule has 2 aliphatic rings. The van der Waals surface area contributed by atoms with Crippen LogP contribution in [0.15, 0.2) is 42.7 Å². The second-order valence-electron chi connectivity index (χ2n) is 6.87. The molecule has 0 spiro atoms. The number of hydrogen-bond acceptors (Lipinski definition) is 2. The van der Waals surface area contributed by atoms with Gasteiger partial charge in [-0.2, -0.15) is 0 Å². The van der Waals surface area contributed by atoms with E-state index in [4.69, 9.17) is 12.2 Å². The third-order valence-corrected chi connectivity index (χ3v) is 5.83. The summed E-state index contributed by atoms with van der Waals surface area (Å²) in [6.45, 7) is 0. The molecule has 126 valence electrons. The molecule has 1 aliphatic carbocycles. The first-order valence-electron chi connectivity index (χ1n) is 8.86. The quantitative estimate of drug-likeness (QED) is 0.857. The zero-order valence-corrected chi connectivity index (χ0v) is 14.9. The standard InChI is InChI=1S/C19H24N4S/c1-22-18(17(21-19(22)24)15-10-5-6-12-20-15)16-11-7-13-23(16)14-8-3-2-4-9-14/h5-7,10-14,17-18H,2-4,8-9H2,1H3,(H,21,24)/t17-,18+/m0/s1. The van der Waals surface area contributed by atoms with Crippen LogP contribution in [0.5, 0.6) is 0 Å². The SMILES string of the molecule is CN1C(=S)N[C@@H](c2ccccn2)[C@H]1c1cccn1C1CCCCC1. The van der Waals surface area contributed by atoms with Crippen molar-refractivity contribution in [1.29, 1.82) is 0 Å². The van der Waals surface area contributed by atoms with Crippen LogP contribution in [0, 0.1) is 0 Å². The molecule has 1 saturated heterocycles. The van der Waals surface area contributed by atoms with Crippen molar-refractivity contribution < 1.29 is 0 Å². The number of pyridine rings is 1. The number of nitrogens with one attached hydrogen (secondary N) is 1. The Bertz CT molecular complexity index is 705. The number of likely N-dealkylation sites (N-methyl/N-ethyl adjacent to an activating group) is 1. The highest BCUT2D eigenvalue weighted by atomic mass is 32.1. The third-order valence-electron chi connectivity index (χ3n) is 5.42. The Morgan fingerprint density at radius 3 is 2.71 bits per heavy atom. The van der Waals surface area contributed by atoms with Gasteiger partial charge >= 0.3 is 0 Å². The summed E-state index contributed by atoms with van der Waals surface area (Å²) in [5.41, 5.74) is 2.39. The van der Waals surface area contributed by atoms with Crippen molar-refractivity contribution in [2.24, 2.45) is 0 Å². The molecular weight excluding hydrogens is 316 g/mol. The van der Waals surface area contributed by atoms with Gasteiger partial charge in [-0.25, -0.2) is 0 Å². The molecule has 2 atom stereocenters. The lowest BCUT2D eigenvalue weighted by Gasteiger charge is -2.30. The van der Waals surface area contributed by atoms with Crippen LogP contribution in [0.1, 0.15) is 61.6 Å². The van der Waals surface area contributed by atoms with Gasteiger partial charge in [0.05, 0.1) is 17.8 Å². The van der Waals surface area contributed by atoms with Crippen LogP contribution in [-0.4, -0.2) is 26.6 Å². The van der Waals surface area contributed by atoms with E-state index in [-0.39, 0.29) is 12.1 Å². The first-order valence-corrected chi connectivity index (χ1v) is 9.27. The summed E-state index contributed by atoms with van der Waals surface area (Å²) in [6, 6.07) is 11.4. The molecule has 24 heavy (non-hydrogen) atoms. The Hall–Kier alpha value is -1.88. The fourth-order valence-electron chi connectivity index (χ4n) is 4.18. The van der Waals surface area contributed by atoms with E-state index in [1.807, 2.05) is 18.3 Å². The van der Waals surface area contributed by atoms with Crippen molar-refractivity contribution in [3.05, 3.63) is 54.1 Å². The minimum absolute atomic E-state index is 0.0981. The van der Waals surface area contributed by atoms with E-state index in [0.29, 0.717) is 6.04 Å². The maximum Gasteiger partial charge on any atom is 0.169 e. The molecule has 0 bridgehead atoms. The summed E-state index contributed by atoms with van der Waals surface area (Å²) in [7, 11) is 2.08. The largest absolute Gasteiger partial charge is 0.352 e. The molecule has 0 amide bonds. The first kappa shape index (κ1) is 15.6. The van der Waals surface area contributed by atoms with Crippen LogP contribution in [0.2, 0.25) is 0 Å². The Morgan fingerprint density at radius 1 is 1.12 bits per heavy atom. The van der Waals surface area contributed by atoms with Crippen molar-refractivity contribution in [3.8, 4) is 0 Å². The Morgan fingerprint density at radius 2 is 1.96 bits per heavy atom. The smallest absolute Gasteiger partial charge is 0.169 e. The van der Waals surface area contributed by atoms with Crippen molar-refractivity contribution in [3.63, 3.8) is 0 Å². The topological polar surface area (TPSA) is 33.1 Å². The maximum absolute atomic E-state index is 5.55. The number of nitrogens with zero attached hydrogens (tertiary/aromatic N) is 3. The van der Waals surface area contributed by atoms with Gasteiger partial charge in [-0.1, -0.05) is 25.3 Å². The average Bonchev–Trinajstić information content (AvgIpc) is 3.22. The highest BCUT2D eigenvalue weighted by Crippen LogP contribution is 2.40. The number of aromatic nitrogens is 2. The van der Waals surface area contributed by atoms with E-state index in [9.17, 15) is 0 Å². The third kappa shape index (κ3) is 2.71. The van der Waals surface area contributed by atoms with Crippen LogP contribution < -0.4 is 5.32 Å². The molecule has 1 aliphatic heterocycles. The van der Waals surface area contributed by atoms with Crippen molar-refractivity contribution in [2.75, 3.05) is 7.05 Å². The fourth-order valence-corrected chi connectivity index (χ4v) is 4.42. The summed E-state index contributed by atoms with van der Waals surface area (Å²) in [5.74, 6) is 0. The van der Waals surface area contributed by atoms with Crippen LogP contribution >= 0.6 is 12.2 Å². The summed E-state index contributed by atoms with van der Waals surface area (Å²) in [6.07, 6.45) is 10.7. The number of thiocarbonyl (C=S) groups is 1. The van der Waals surface area contributed by atoms with Gasteiger partial charge in [0.2, 0.25) is 0 Å².